The van der Waals surface area contributed by atoms with Crippen molar-refractivity contribution in [3.05, 3.63) is 42.0 Å². The molecule has 3 atom stereocenters. The normalized spacial score (nSPS) is 29.2. The molecule has 1 unspecified atom stereocenters. The quantitative estimate of drug-likeness (QED) is 0.753. The third-order valence-electron chi connectivity index (χ3n) is 5.50. The van der Waals surface area contributed by atoms with E-state index in [1.165, 1.54) is 5.57 Å². The van der Waals surface area contributed by atoms with Crippen LogP contribution >= 0.6 is 0 Å². The van der Waals surface area contributed by atoms with E-state index in [-0.39, 0.29) is 11.9 Å². The molecule has 1 aromatic rings. The predicted molar refractivity (Wildman–Crippen MR) is 96.8 cm³/mol. The lowest BCUT2D eigenvalue weighted by atomic mass is 9.74. The van der Waals surface area contributed by atoms with E-state index < -0.39 is 10.8 Å². The fraction of sp³-hybridized carbons (Fsp3) is 0.600. The highest BCUT2D eigenvalue weighted by Crippen LogP contribution is 2.45. The molecule has 5 heteroatoms. The zero-order chi connectivity index (χ0) is 17.1. The summed E-state index contributed by atoms with van der Waals surface area (Å²) >= 11 is 0. The Balaban J connectivity index is 1.27. The molecule has 0 N–H and O–H groups in total. The van der Waals surface area contributed by atoms with Crippen molar-refractivity contribution in [1.82, 2.24) is 0 Å². The van der Waals surface area contributed by atoms with Crippen LogP contribution in [-0.4, -0.2) is 41.7 Å². The van der Waals surface area contributed by atoms with Gasteiger partial charge in [0.1, 0.15) is 0 Å². The Bertz CT molecular complexity index is 636. The topological polar surface area (TPSA) is 44.8 Å². The predicted octanol–water partition coefficient (Wildman–Crippen LogP) is 3.44. The number of benzene rings is 1. The van der Waals surface area contributed by atoms with Crippen LogP contribution in [0.25, 0.3) is 0 Å². The second-order valence-electron chi connectivity index (χ2n) is 7.10. The van der Waals surface area contributed by atoms with Crippen LogP contribution in [0.15, 0.2) is 46.9 Å². The summed E-state index contributed by atoms with van der Waals surface area (Å²) in [5.41, 5.74) is 1.50. The molecule has 1 saturated carbocycles. The molecule has 0 amide bonds. The summed E-state index contributed by atoms with van der Waals surface area (Å²) in [5, 5.41) is 0. The maximum Gasteiger partial charge on any atom is 0.169 e. The summed E-state index contributed by atoms with van der Waals surface area (Å²) in [4.78, 5) is 0.877. The van der Waals surface area contributed by atoms with Crippen LogP contribution in [0.3, 0.4) is 0 Å². The number of fused-ring (bicyclic) bond motifs is 1. The summed E-state index contributed by atoms with van der Waals surface area (Å²) in [6.07, 6.45) is 7.62. The third-order valence-corrected chi connectivity index (χ3v) is 6.83. The largest absolute Gasteiger partial charge is 0.373 e. The Morgan fingerprint density at radius 2 is 1.96 bits per heavy atom. The van der Waals surface area contributed by atoms with Crippen LogP contribution < -0.4 is 0 Å². The maximum absolute atomic E-state index is 12.2. The van der Waals surface area contributed by atoms with Crippen molar-refractivity contribution >= 4 is 10.8 Å². The Hall–Kier alpha value is -1.01. The van der Waals surface area contributed by atoms with Crippen molar-refractivity contribution in [2.75, 3.05) is 25.6 Å². The monoisotopic (exact) mass is 362 g/mol. The maximum atomic E-state index is 12.2. The van der Waals surface area contributed by atoms with Gasteiger partial charge in [-0.2, -0.15) is 0 Å². The van der Waals surface area contributed by atoms with Crippen molar-refractivity contribution in [3.63, 3.8) is 0 Å². The molecular formula is C20H26O4S. The summed E-state index contributed by atoms with van der Waals surface area (Å²) in [6, 6.07) is 9.61. The molecule has 3 aliphatic rings. The van der Waals surface area contributed by atoms with Gasteiger partial charge in [-0.3, -0.25) is 4.21 Å². The van der Waals surface area contributed by atoms with Gasteiger partial charge >= 0.3 is 0 Å². The Morgan fingerprint density at radius 3 is 2.76 bits per heavy atom. The van der Waals surface area contributed by atoms with Gasteiger partial charge in [-0.25, -0.2) is 0 Å². The molecule has 1 heterocycles. The van der Waals surface area contributed by atoms with E-state index >= 15 is 0 Å². The Kier molecular flexibility index (Phi) is 5.36. The molecule has 4 rings (SSSR count). The second-order valence-corrected chi connectivity index (χ2v) is 8.67. The molecule has 0 radical (unpaired) electrons. The van der Waals surface area contributed by atoms with Crippen molar-refractivity contribution < 1.29 is 18.4 Å². The highest BCUT2D eigenvalue weighted by molar-refractivity contribution is 7.85. The highest BCUT2D eigenvalue weighted by atomic mass is 32.2. The first kappa shape index (κ1) is 17.4. The minimum absolute atomic E-state index is 0.165. The average molecular weight is 362 g/mol. The Labute approximate surface area is 152 Å². The lowest BCUT2D eigenvalue weighted by molar-refractivity contribution is -0.181. The van der Waals surface area contributed by atoms with Gasteiger partial charge in [0, 0.05) is 17.7 Å². The molecule has 1 spiro atoms. The van der Waals surface area contributed by atoms with E-state index in [1.54, 1.807) is 0 Å². The molecule has 1 aliphatic heterocycles. The molecule has 0 aromatic heterocycles. The molecule has 2 fully saturated rings. The van der Waals surface area contributed by atoms with Crippen LogP contribution in [0, 0.1) is 5.92 Å². The molecule has 25 heavy (non-hydrogen) atoms. The average Bonchev–Trinajstić information content (AvgIpc) is 3.10. The van der Waals surface area contributed by atoms with Crippen molar-refractivity contribution in [2.24, 2.45) is 5.92 Å². The highest BCUT2D eigenvalue weighted by Gasteiger charge is 2.44. The van der Waals surface area contributed by atoms with Crippen LogP contribution in [0.4, 0.5) is 0 Å². The van der Waals surface area contributed by atoms with Gasteiger partial charge in [0.15, 0.2) is 5.79 Å². The molecule has 1 saturated heterocycles. The standard InChI is InChI=1S/C20H26O4S/c21-25(19-4-2-1-3-5-19)13-12-22-18-7-6-17-15-20(23-10-11-24-20)9-8-16(17)14-18/h1-5,14,17-18H,6-13,15H2/t17-,18+,25?/m1/s1. The zero-order valence-electron chi connectivity index (χ0n) is 14.5. The van der Waals surface area contributed by atoms with E-state index in [9.17, 15) is 4.21 Å². The number of allylic oxidation sites excluding steroid dienone is 1. The van der Waals surface area contributed by atoms with Gasteiger partial charge in [0.05, 0.1) is 42.5 Å². The first-order valence-corrected chi connectivity index (χ1v) is 10.6. The first-order valence-electron chi connectivity index (χ1n) is 9.28. The van der Waals surface area contributed by atoms with E-state index in [1.807, 2.05) is 30.3 Å². The minimum atomic E-state index is -0.980. The molecule has 1 aromatic carbocycles. The van der Waals surface area contributed by atoms with Gasteiger partial charge in [0.2, 0.25) is 0 Å². The summed E-state index contributed by atoms with van der Waals surface area (Å²) in [6.45, 7) is 2.00. The van der Waals surface area contributed by atoms with Gasteiger partial charge in [-0.1, -0.05) is 29.8 Å². The van der Waals surface area contributed by atoms with E-state index in [4.69, 9.17) is 14.2 Å². The van der Waals surface area contributed by atoms with E-state index in [0.717, 1.165) is 50.2 Å². The smallest absolute Gasteiger partial charge is 0.169 e. The van der Waals surface area contributed by atoms with Crippen LogP contribution in [-0.2, 0) is 25.0 Å². The number of hydrogen-bond donors (Lipinski definition) is 0. The van der Waals surface area contributed by atoms with Gasteiger partial charge in [-0.15, -0.1) is 0 Å². The number of hydrogen-bond acceptors (Lipinski definition) is 4. The molecule has 4 nitrogen and oxygen atoms in total. The van der Waals surface area contributed by atoms with Gasteiger partial charge in [-0.05, 0) is 37.3 Å². The zero-order valence-corrected chi connectivity index (χ0v) is 15.3. The van der Waals surface area contributed by atoms with Crippen molar-refractivity contribution in [3.8, 4) is 0 Å². The third kappa shape index (κ3) is 4.05. The fourth-order valence-electron chi connectivity index (χ4n) is 4.20. The fourth-order valence-corrected chi connectivity index (χ4v) is 5.14. The van der Waals surface area contributed by atoms with Gasteiger partial charge < -0.3 is 14.2 Å². The van der Waals surface area contributed by atoms with E-state index in [0.29, 0.717) is 18.3 Å². The van der Waals surface area contributed by atoms with E-state index in [2.05, 4.69) is 6.08 Å². The first-order chi connectivity index (χ1) is 12.2. The molecule has 0 bridgehead atoms. The minimum Gasteiger partial charge on any atom is -0.373 e. The molecular weight excluding hydrogens is 336 g/mol. The summed E-state index contributed by atoms with van der Waals surface area (Å²) in [7, 11) is -0.980. The molecule has 136 valence electrons. The van der Waals surface area contributed by atoms with Crippen molar-refractivity contribution in [1.29, 1.82) is 0 Å². The number of rotatable bonds is 5. The summed E-state index contributed by atoms with van der Waals surface area (Å²) in [5.74, 6) is 0.824. The lowest BCUT2D eigenvalue weighted by Crippen LogP contribution is -2.39. The SMILES string of the molecule is O=S(CCO[C@@H]1C=C2CCC3(C[C@H]2CC1)OCCO3)c1ccccc1. The van der Waals surface area contributed by atoms with Crippen LogP contribution in [0.5, 0.6) is 0 Å². The van der Waals surface area contributed by atoms with Gasteiger partial charge in [0.25, 0.3) is 0 Å². The lowest BCUT2D eigenvalue weighted by Gasteiger charge is -2.40. The molecule has 2 aliphatic carbocycles. The second kappa shape index (κ2) is 7.70. The van der Waals surface area contributed by atoms with Crippen molar-refractivity contribution in [2.45, 2.75) is 48.9 Å². The Morgan fingerprint density at radius 1 is 1.16 bits per heavy atom. The number of ether oxygens (including phenoxy) is 3. The van der Waals surface area contributed by atoms with Crippen LogP contribution in [0.2, 0.25) is 0 Å². The van der Waals surface area contributed by atoms with Crippen LogP contribution in [0.1, 0.15) is 32.1 Å². The summed E-state index contributed by atoms with van der Waals surface area (Å²) < 4.78 is 30.0.